The first-order valence-corrected chi connectivity index (χ1v) is 6.04. The van der Waals surface area contributed by atoms with Crippen LogP contribution in [0.4, 0.5) is 11.5 Å². The third kappa shape index (κ3) is 2.26. The van der Waals surface area contributed by atoms with Gasteiger partial charge in [-0.1, -0.05) is 29.8 Å². The molecule has 0 spiro atoms. The molecule has 0 saturated heterocycles. The van der Waals surface area contributed by atoms with Crippen molar-refractivity contribution < 1.29 is 4.92 Å². The maximum Gasteiger partial charge on any atom is 0.274 e. The van der Waals surface area contributed by atoms with Gasteiger partial charge in [0.1, 0.15) is 10.8 Å². The molecule has 0 radical (unpaired) electrons. The standard InChI is InChI=1S/C12H13ClN4O2/c1-7-11(13)12(14)16(15-7)8(2)9-5-3-4-6-10(9)17(18)19/h3-6,8H,14H2,1-2H3. The number of benzene rings is 1. The van der Waals surface area contributed by atoms with Gasteiger partial charge in [-0.05, 0) is 13.8 Å². The summed E-state index contributed by atoms with van der Waals surface area (Å²) in [5, 5.41) is 15.6. The Morgan fingerprint density at radius 3 is 2.63 bits per heavy atom. The van der Waals surface area contributed by atoms with Gasteiger partial charge in [0.15, 0.2) is 0 Å². The van der Waals surface area contributed by atoms with Crippen LogP contribution in [0.15, 0.2) is 24.3 Å². The van der Waals surface area contributed by atoms with Gasteiger partial charge in [-0.25, -0.2) is 4.68 Å². The number of hydrogen-bond acceptors (Lipinski definition) is 4. The Morgan fingerprint density at radius 2 is 2.11 bits per heavy atom. The van der Waals surface area contributed by atoms with E-state index in [9.17, 15) is 10.1 Å². The number of nitrogens with two attached hydrogens (primary N) is 1. The van der Waals surface area contributed by atoms with Crippen LogP contribution in [0, 0.1) is 17.0 Å². The molecule has 100 valence electrons. The lowest BCUT2D eigenvalue weighted by Crippen LogP contribution is -2.13. The maximum absolute atomic E-state index is 11.0. The molecule has 1 aromatic heterocycles. The normalized spacial score (nSPS) is 12.4. The Labute approximate surface area is 114 Å². The lowest BCUT2D eigenvalue weighted by atomic mass is 10.1. The van der Waals surface area contributed by atoms with Crippen molar-refractivity contribution in [3.05, 3.63) is 50.7 Å². The molecule has 1 heterocycles. The Kier molecular flexibility index (Phi) is 3.44. The molecule has 6 nitrogen and oxygen atoms in total. The summed E-state index contributed by atoms with van der Waals surface area (Å²) in [4.78, 5) is 10.6. The third-order valence-corrected chi connectivity index (χ3v) is 3.46. The molecule has 0 aliphatic carbocycles. The summed E-state index contributed by atoms with van der Waals surface area (Å²) in [6.07, 6.45) is 0. The van der Waals surface area contributed by atoms with Crippen molar-refractivity contribution in [2.24, 2.45) is 0 Å². The molecule has 0 amide bonds. The van der Waals surface area contributed by atoms with Crippen molar-refractivity contribution in [2.75, 3.05) is 5.73 Å². The number of rotatable bonds is 3. The second-order valence-electron chi connectivity index (χ2n) is 4.22. The van der Waals surface area contributed by atoms with E-state index in [0.29, 0.717) is 22.1 Å². The summed E-state index contributed by atoms with van der Waals surface area (Å²) < 4.78 is 1.50. The molecule has 2 N–H and O–H groups in total. The first-order chi connectivity index (χ1) is 8.93. The van der Waals surface area contributed by atoms with Gasteiger partial charge in [0.25, 0.3) is 5.69 Å². The highest BCUT2D eigenvalue weighted by Gasteiger charge is 2.23. The van der Waals surface area contributed by atoms with Crippen LogP contribution >= 0.6 is 11.6 Å². The van der Waals surface area contributed by atoms with Crippen LogP contribution in [0.5, 0.6) is 0 Å². The van der Waals surface area contributed by atoms with E-state index in [1.54, 1.807) is 32.0 Å². The van der Waals surface area contributed by atoms with Gasteiger partial charge in [-0.3, -0.25) is 10.1 Å². The summed E-state index contributed by atoms with van der Waals surface area (Å²) in [5.74, 6) is 0.310. The molecule has 0 fully saturated rings. The number of nitrogens with zero attached hydrogens (tertiary/aromatic N) is 3. The predicted octanol–water partition coefficient (Wildman–Crippen LogP) is 2.94. The van der Waals surface area contributed by atoms with Crippen LogP contribution in [-0.2, 0) is 0 Å². The minimum Gasteiger partial charge on any atom is -0.383 e. The number of nitrogen functional groups attached to an aromatic ring is 1. The highest BCUT2D eigenvalue weighted by Crippen LogP contribution is 2.32. The van der Waals surface area contributed by atoms with Gasteiger partial charge >= 0.3 is 0 Å². The molecule has 0 aliphatic rings. The molecule has 1 aromatic carbocycles. The predicted molar refractivity (Wildman–Crippen MR) is 73.3 cm³/mol. The van der Waals surface area contributed by atoms with E-state index >= 15 is 0 Å². The third-order valence-electron chi connectivity index (χ3n) is 3.00. The number of nitro groups is 1. The monoisotopic (exact) mass is 280 g/mol. The van der Waals surface area contributed by atoms with Gasteiger partial charge in [-0.15, -0.1) is 0 Å². The molecule has 2 aromatic rings. The molecule has 1 atom stereocenters. The molecule has 0 saturated carbocycles. The number of para-hydroxylation sites is 1. The van der Waals surface area contributed by atoms with Crippen LogP contribution < -0.4 is 5.73 Å². The largest absolute Gasteiger partial charge is 0.383 e. The summed E-state index contributed by atoms with van der Waals surface area (Å²) in [7, 11) is 0. The summed E-state index contributed by atoms with van der Waals surface area (Å²) in [6.45, 7) is 3.53. The van der Waals surface area contributed by atoms with E-state index in [0.717, 1.165) is 0 Å². The van der Waals surface area contributed by atoms with Gasteiger partial charge in [0, 0.05) is 6.07 Å². The SMILES string of the molecule is Cc1nn(C(C)c2ccccc2[N+](=O)[O-])c(N)c1Cl. The zero-order valence-corrected chi connectivity index (χ0v) is 11.3. The van der Waals surface area contributed by atoms with E-state index in [1.807, 2.05) is 0 Å². The minimum absolute atomic E-state index is 0.0404. The van der Waals surface area contributed by atoms with Crippen LogP contribution in [0.1, 0.15) is 24.2 Å². The Hall–Kier alpha value is -2.08. The Morgan fingerprint density at radius 1 is 1.47 bits per heavy atom. The molecule has 1 unspecified atom stereocenters. The second-order valence-corrected chi connectivity index (χ2v) is 4.60. The van der Waals surface area contributed by atoms with Gasteiger partial charge in [-0.2, -0.15) is 5.10 Å². The van der Waals surface area contributed by atoms with Crippen molar-refractivity contribution in [3.63, 3.8) is 0 Å². The highest BCUT2D eigenvalue weighted by atomic mass is 35.5. The van der Waals surface area contributed by atoms with Crippen LogP contribution in [-0.4, -0.2) is 14.7 Å². The first-order valence-electron chi connectivity index (χ1n) is 5.67. The van der Waals surface area contributed by atoms with Gasteiger partial charge in [0.2, 0.25) is 0 Å². The topological polar surface area (TPSA) is 87.0 Å². The number of aromatic nitrogens is 2. The fourth-order valence-electron chi connectivity index (χ4n) is 1.98. The summed E-state index contributed by atoms with van der Waals surface area (Å²) >= 11 is 5.99. The lowest BCUT2D eigenvalue weighted by molar-refractivity contribution is -0.385. The second kappa shape index (κ2) is 4.89. The van der Waals surface area contributed by atoms with Crippen LogP contribution in [0.25, 0.3) is 0 Å². The molecule has 0 aliphatic heterocycles. The van der Waals surface area contributed by atoms with Crippen molar-refractivity contribution in [1.82, 2.24) is 9.78 Å². The van der Waals surface area contributed by atoms with E-state index in [2.05, 4.69) is 5.10 Å². The Bertz CT molecular complexity index is 639. The van der Waals surface area contributed by atoms with Crippen LogP contribution in [0.3, 0.4) is 0 Å². The molecule has 0 bridgehead atoms. The number of anilines is 1. The fourth-order valence-corrected chi connectivity index (χ4v) is 2.10. The number of aryl methyl sites for hydroxylation is 1. The van der Waals surface area contributed by atoms with E-state index < -0.39 is 4.92 Å². The summed E-state index contributed by atoms with van der Waals surface area (Å²) in [5.41, 5.74) is 7.05. The smallest absolute Gasteiger partial charge is 0.274 e. The molecule has 19 heavy (non-hydrogen) atoms. The first kappa shape index (κ1) is 13.4. The minimum atomic E-state index is -0.417. The van der Waals surface area contributed by atoms with Crippen molar-refractivity contribution in [3.8, 4) is 0 Å². The number of halogens is 1. The lowest BCUT2D eigenvalue weighted by Gasteiger charge is -2.14. The van der Waals surface area contributed by atoms with Crippen molar-refractivity contribution in [2.45, 2.75) is 19.9 Å². The Balaban J connectivity index is 2.53. The average Bonchev–Trinajstić information content (AvgIpc) is 2.65. The van der Waals surface area contributed by atoms with Gasteiger partial charge < -0.3 is 5.73 Å². The molecule has 7 heteroatoms. The van der Waals surface area contributed by atoms with Gasteiger partial charge in [0.05, 0.1) is 22.2 Å². The zero-order chi connectivity index (χ0) is 14.2. The summed E-state index contributed by atoms with van der Waals surface area (Å²) in [6, 6.07) is 6.15. The zero-order valence-electron chi connectivity index (χ0n) is 10.5. The van der Waals surface area contributed by atoms with Crippen LogP contribution in [0.2, 0.25) is 5.02 Å². The highest BCUT2D eigenvalue weighted by molar-refractivity contribution is 6.33. The van der Waals surface area contributed by atoms with Crippen molar-refractivity contribution in [1.29, 1.82) is 0 Å². The fraction of sp³-hybridized carbons (Fsp3) is 0.250. The molecular formula is C12H13ClN4O2. The molecular weight excluding hydrogens is 268 g/mol. The quantitative estimate of drug-likeness (QED) is 0.691. The molecule has 2 rings (SSSR count). The van der Waals surface area contributed by atoms with E-state index in [4.69, 9.17) is 17.3 Å². The van der Waals surface area contributed by atoms with E-state index in [-0.39, 0.29) is 11.7 Å². The number of hydrogen-bond donors (Lipinski definition) is 1. The number of nitro benzene ring substituents is 1. The van der Waals surface area contributed by atoms with Crippen molar-refractivity contribution >= 4 is 23.1 Å². The van der Waals surface area contributed by atoms with E-state index in [1.165, 1.54) is 10.7 Å². The maximum atomic E-state index is 11.0. The average molecular weight is 281 g/mol.